The van der Waals surface area contributed by atoms with Crippen LogP contribution in [0.25, 0.3) is 0 Å². The van der Waals surface area contributed by atoms with E-state index in [0.717, 1.165) is 23.2 Å². The highest BCUT2D eigenvalue weighted by Crippen LogP contribution is 2.16. The minimum Gasteiger partial charge on any atom is -0.352 e. The highest BCUT2D eigenvalue weighted by atomic mass is 16.2. The van der Waals surface area contributed by atoms with Crippen LogP contribution in [-0.2, 0) is 4.79 Å². The molecule has 1 aromatic carbocycles. The fraction of sp³-hybridized carbons (Fsp3) is 0.333. The zero-order chi connectivity index (χ0) is 17.8. The van der Waals surface area contributed by atoms with Crippen LogP contribution < -0.4 is 10.2 Å². The van der Waals surface area contributed by atoms with Gasteiger partial charge in [0.1, 0.15) is 0 Å². The molecule has 1 fully saturated rings. The van der Waals surface area contributed by atoms with Crippen molar-refractivity contribution in [2.24, 2.45) is 0 Å². The molecule has 130 valence electrons. The van der Waals surface area contributed by atoms with Gasteiger partial charge in [0.2, 0.25) is 6.41 Å². The average molecular weight is 339 g/mol. The Morgan fingerprint density at radius 2 is 1.72 bits per heavy atom. The number of aromatic nitrogens is 2. The maximum absolute atomic E-state index is 12.3. The fourth-order valence-corrected chi connectivity index (χ4v) is 2.91. The van der Waals surface area contributed by atoms with Crippen LogP contribution >= 0.6 is 0 Å². The lowest BCUT2D eigenvalue weighted by Crippen LogP contribution is -2.46. The third kappa shape index (κ3) is 4.12. The van der Waals surface area contributed by atoms with E-state index in [0.29, 0.717) is 32.0 Å². The Morgan fingerprint density at radius 3 is 2.28 bits per heavy atom. The number of anilines is 2. The largest absolute Gasteiger partial charge is 0.352 e. The van der Waals surface area contributed by atoms with E-state index >= 15 is 0 Å². The van der Waals surface area contributed by atoms with Gasteiger partial charge in [-0.05, 0) is 49.2 Å². The van der Waals surface area contributed by atoms with E-state index in [-0.39, 0.29) is 11.6 Å². The molecular formula is C18H21N5O2. The number of nitrogens with zero attached hydrogens (tertiary/aromatic N) is 4. The van der Waals surface area contributed by atoms with Crippen molar-refractivity contribution in [3.63, 3.8) is 0 Å². The molecule has 1 aliphatic heterocycles. The van der Waals surface area contributed by atoms with Crippen LogP contribution in [0.1, 0.15) is 21.6 Å². The number of nitrogens with one attached hydrogen (secondary N) is 1. The number of hydrogen-bond acceptors (Lipinski definition) is 5. The van der Waals surface area contributed by atoms with Crippen LogP contribution in [0.2, 0.25) is 0 Å². The van der Waals surface area contributed by atoms with E-state index in [1.807, 2.05) is 26.0 Å². The minimum absolute atomic E-state index is 0.273. The molecule has 0 radical (unpaired) electrons. The molecule has 0 spiro atoms. The van der Waals surface area contributed by atoms with Crippen molar-refractivity contribution in [3.8, 4) is 0 Å². The maximum atomic E-state index is 12.3. The average Bonchev–Trinajstić information content (AvgIpc) is 2.61. The molecule has 1 saturated heterocycles. The van der Waals surface area contributed by atoms with E-state index in [1.54, 1.807) is 17.0 Å². The van der Waals surface area contributed by atoms with Crippen LogP contribution in [0, 0.1) is 13.8 Å². The molecule has 2 amide bonds. The van der Waals surface area contributed by atoms with Gasteiger partial charge >= 0.3 is 0 Å². The first-order chi connectivity index (χ1) is 12.0. The normalized spacial score (nSPS) is 14.3. The van der Waals surface area contributed by atoms with Crippen LogP contribution in [-0.4, -0.2) is 53.6 Å². The van der Waals surface area contributed by atoms with Gasteiger partial charge < -0.3 is 15.1 Å². The molecule has 0 bridgehead atoms. The van der Waals surface area contributed by atoms with Crippen LogP contribution in [0.4, 0.5) is 11.5 Å². The lowest BCUT2D eigenvalue weighted by atomic mass is 10.1. The molecule has 0 atom stereocenters. The van der Waals surface area contributed by atoms with Gasteiger partial charge in [-0.15, -0.1) is 10.2 Å². The van der Waals surface area contributed by atoms with Gasteiger partial charge in [-0.2, -0.15) is 0 Å². The smallest absolute Gasteiger partial charge is 0.276 e. The molecule has 7 heteroatoms. The van der Waals surface area contributed by atoms with Crippen molar-refractivity contribution in [3.05, 3.63) is 47.2 Å². The number of rotatable bonds is 4. The molecule has 2 heterocycles. The first-order valence-electron chi connectivity index (χ1n) is 8.23. The van der Waals surface area contributed by atoms with Gasteiger partial charge in [-0.1, -0.05) is 6.07 Å². The number of aryl methyl sites for hydroxylation is 2. The predicted octanol–water partition coefficient (Wildman–Crippen LogP) is 1.62. The summed E-state index contributed by atoms with van der Waals surface area (Å²) in [6.07, 6.45) is 0.865. The third-order valence-corrected chi connectivity index (χ3v) is 4.15. The summed E-state index contributed by atoms with van der Waals surface area (Å²) in [7, 11) is 0. The van der Waals surface area contributed by atoms with Crippen molar-refractivity contribution in [2.45, 2.75) is 13.8 Å². The Kier molecular flexibility index (Phi) is 4.92. The zero-order valence-corrected chi connectivity index (χ0v) is 14.4. The number of piperazine rings is 1. The maximum Gasteiger partial charge on any atom is 0.276 e. The third-order valence-electron chi connectivity index (χ3n) is 4.15. The summed E-state index contributed by atoms with van der Waals surface area (Å²) in [5, 5.41) is 11.1. The molecule has 2 aromatic rings. The number of carbonyl (C=O) groups is 2. The number of carbonyl (C=O) groups excluding carboxylic acids is 2. The highest BCUT2D eigenvalue weighted by molar-refractivity contribution is 6.02. The van der Waals surface area contributed by atoms with E-state index in [9.17, 15) is 9.59 Å². The van der Waals surface area contributed by atoms with Gasteiger partial charge in [-0.3, -0.25) is 9.59 Å². The van der Waals surface area contributed by atoms with Crippen molar-refractivity contribution in [1.82, 2.24) is 15.1 Å². The van der Waals surface area contributed by atoms with Crippen LogP contribution in [0.15, 0.2) is 30.3 Å². The van der Waals surface area contributed by atoms with Gasteiger partial charge in [0.15, 0.2) is 11.5 Å². The monoisotopic (exact) mass is 339 g/mol. The summed E-state index contributed by atoms with van der Waals surface area (Å²) >= 11 is 0. The quantitative estimate of drug-likeness (QED) is 0.857. The molecule has 1 aliphatic rings. The van der Waals surface area contributed by atoms with Crippen LogP contribution in [0.3, 0.4) is 0 Å². The summed E-state index contributed by atoms with van der Waals surface area (Å²) < 4.78 is 0. The van der Waals surface area contributed by atoms with Gasteiger partial charge in [0.25, 0.3) is 5.91 Å². The standard InChI is InChI=1S/C18H21N5O2/c1-13-9-14(2)11-15(10-13)19-18(25)16-3-4-17(21-20-16)23-7-5-22(12-24)6-8-23/h3-4,9-12H,5-8H2,1-2H3,(H,19,25). The Hall–Kier alpha value is -2.96. The molecular weight excluding hydrogens is 318 g/mol. The Labute approximate surface area is 146 Å². The Morgan fingerprint density at radius 1 is 1.04 bits per heavy atom. The lowest BCUT2D eigenvalue weighted by molar-refractivity contribution is -0.118. The molecule has 1 N–H and O–H groups in total. The van der Waals surface area contributed by atoms with Gasteiger partial charge in [-0.25, -0.2) is 0 Å². The lowest BCUT2D eigenvalue weighted by Gasteiger charge is -2.32. The van der Waals surface area contributed by atoms with E-state index in [4.69, 9.17) is 0 Å². The summed E-state index contributed by atoms with van der Waals surface area (Å²) in [6, 6.07) is 9.35. The van der Waals surface area contributed by atoms with Crippen molar-refractivity contribution in [1.29, 1.82) is 0 Å². The van der Waals surface area contributed by atoms with Gasteiger partial charge in [0.05, 0.1) is 0 Å². The first-order valence-corrected chi connectivity index (χ1v) is 8.23. The topological polar surface area (TPSA) is 78.4 Å². The molecule has 0 unspecified atom stereocenters. The van der Waals surface area contributed by atoms with Gasteiger partial charge in [0, 0.05) is 31.9 Å². The second-order valence-electron chi connectivity index (χ2n) is 6.24. The van der Waals surface area contributed by atoms with Crippen molar-refractivity contribution in [2.75, 3.05) is 36.4 Å². The van der Waals surface area contributed by atoms with Crippen molar-refractivity contribution >= 4 is 23.8 Å². The van der Waals surface area contributed by atoms with E-state index < -0.39 is 0 Å². The molecule has 3 rings (SSSR count). The second-order valence-corrected chi connectivity index (χ2v) is 6.24. The highest BCUT2D eigenvalue weighted by Gasteiger charge is 2.17. The molecule has 1 aromatic heterocycles. The molecule has 0 saturated carbocycles. The fourth-order valence-electron chi connectivity index (χ4n) is 2.91. The summed E-state index contributed by atoms with van der Waals surface area (Å²) in [5.74, 6) is 0.434. The summed E-state index contributed by atoms with van der Waals surface area (Å²) in [4.78, 5) is 26.9. The SMILES string of the molecule is Cc1cc(C)cc(NC(=O)c2ccc(N3CCN(C=O)CC3)nn2)c1. The number of hydrogen-bond donors (Lipinski definition) is 1. The Bertz CT molecular complexity index is 747. The molecule has 25 heavy (non-hydrogen) atoms. The molecule has 7 nitrogen and oxygen atoms in total. The summed E-state index contributed by atoms with van der Waals surface area (Å²) in [6.45, 7) is 6.73. The summed E-state index contributed by atoms with van der Waals surface area (Å²) in [5.41, 5.74) is 3.20. The number of amides is 2. The Balaban J connectivity index is 1.65. The molecule has 0 aliphatic carbocycles. The predicted molar refractivity (Wildman–Crippen MR) is 95.8 cm³/mol. The second kappa shape index (κ2) is 7.29. The van der Waals surface area contributed by atoms with Crippen molar-refractivity contribution < 1.29 is 9.59 Å². The minimum atomic E-state index is -0.283. The number of benzene rings is 1. The van der Waals surface area contributed by atoms with E-state index in [1.165, 1.54) is 0 Å². The zero-order valence-electron chi connectivity index (χ0n) is 14.4. The van der Waals surface area contributed by atoms with E-state index in [2.05, 4.69) is 26.5 Å². The van der Waals surface area contributed by atoms with Crippen LogP contribution in [0.5, 0.6) is 0 Å². The first kappa shape index (κ1) is 16.9.